The molecule has 0 saturated heterocycles. The van der Waals surface area contributed by atoms with Crippen LogP contribution in [0.5, 0.6) is 0 Å². The van der Waals surface area contributed by atoms with Crippen LogP contribution in [-0.2, 0) is 6.54 Å². The number of hydrogen-bond donors (Lipinski definition) is 1. The molecule has 0 saturated carbocycles. The van der Waals surface area contributed by atoms with Crippen LogP contribution in [0, 0.1) is 5.82 Å². The van der Waals surface area contributed by atoms with Crippen LogP contribution in [0.4, 0.5) is 4.39 Å². The minimum Gasteiger partial charge on any atom is -0.347 e. The second-order valence-corrected chi connectivity index (χ2v) is 5.23. The van der Waals surface area contributed by atoms with Gasteiger partial charge in [0.15, 0.2) is 0 Å². The molecule has 1 amide bonds. The molecule has 0 radical (unpaired) electrons. The van der Waals surface area contributed by atoms with Crippen LogP contribution in [0.15, 0.2) is 40.2 Å². The molecular formula is C12H9BrFNOS. The Kier molecular flexibility index (Phi) is 3.91. The average molecular weight is 314 g/mol. The first kappa shape index (κ1) is 12.3. The highest BCUT2D eigenvalue weighted by Crippen LogP contribution is 2.19. The van der Waals surface area contributed by atoms with Crippen molar-refractivity contribution in [1.82, 2.24) is 5.32 Å². The first-order valence-electron chi connectivity index (χ1n) is 4.92. The van der Waals surface area contributed by atoms with Crippen molar-refractivity contribution < 1.29 is 9.18 Å². The molecule has 1 heterocycles. The van der Waals surface area contributed by atoms with Gasteiger partial charge in [-0.3, -0.25) is 4.79 Å². The molecule has 17 heavy (non-hydrogen) atoms. The Morgan fingerprint density at radius 3 is 2.82 bits per heavy atom. The van der Waals surface area contributed by atoms with Crippen molar-refractivity contribution in [3.63, 3.8) is 0 Å². The van der Waals surface area contributed by atoms with E-state index in [0.29, 0.717) is 10.4 Å². The molecule has 0 bridgehead atoms. The maximum Gasteiger partial charge on any atom is 0.261 e. The second kappa shape index (κ2) is 5.42. The Labute approximate surface area is 111 Å². The van der Waals surface area contributed by atoms with Gasteiger partial charge in [0.2, 0.25) is 0 Å². The van der Waals surface area contributed by atoms with Crippen molar-refractivity contribution in [3.8, 4) is 0 Å². The molecule has 5 heteroatoms. The van der Waals surface area contributed by atoms with E-state index < -0.39 is 0 Å². The van der Waals surface area contributed by atoms with Gasteiger partial charge in [-0.05, 0) is 28.1 Å². The van der Waals surface area contributed by atoms with E-state index in [1.807, 2.05) is 5.38 Å². The molecule has 1 aromatic heterocycles. The van der Waals surface area contributed by atoms with Gasteiger partial charge in [-0.2, -0.15) is 0 Å². The van der Waals surface area contributed by atoms with Crippen molar-refractivity contribution >= 4 is 33.2 Å². The van der Waals surface area contributed by atoms with Crippen LogP contribution in [-0.4, -0.2) is 5.91 Å². The molecule has 0 aliphatic rings. The lowest BCUT2D eigenvalue weighted by Crippen LogP contribution is -2.22. The SMILES string of the molecule is O=C(NCc1ccccc1F)c1cc(Br)cs1. The van der Waals surface area contributed by atoms with E-state index in [1.54, 1.807) is 24.3 Å². The number of nitrogens with one attached hydrogen (secondary N) is 1. The van der Waals surface area contributed by atoms with E-state index in [-0.39, 0.29) is 18.3 Å². The Hall–Kier alpha value is -1.20. The van der Waals surface area contributed by atoms with E-state index in [9.17, 15) is 9.18 Å². The molecule has 1 aromatic carbocycles. The van der Waals surface area contributed by atoms with Crippen LogP contribution in [0.1, 0.15) is 15.2 Å². The predicted molar refractivity (Wildman–Crippen MR) is 69.6 cm³/mol. The number of rotatable bonds is 3. The van der Waals surface area contributed by atoms with Gasteiger partial charge in [0.1, 0.15) is 5.82 Å². The van der Waals surface area contributed by atoms with Crippen molar-refractivity contribution in [3.05, 3.63) is 56.4 Å². The summed E-state index contributed by atoms with van der Waals surface area (Å²) in [4.78, 5) is 12.3. The third kappa shape index (κ3) is 3.14. The maximum atomic E-state index is 13.3. The van der Waals surface area contributed by atoms with Gasteiger partial charge >= 0.3 is 0 Å². The topological polar surface area (TPSA) is 29.1 Å². The van der Waals surface area contributed by atoms with E-state index in [0.717, 1.165) is 4.47 Å². The van der Waals surface area contributed by atoms with Crippen molar-refractivity contribution in [2.75, 3.05) is 0 Å². The highest BCUT2D eigenvalue weighted by molar-refractivity contribution is 9.10. The molecule has 2 aromatic rings. The summed E-state index contributed by atoms with van der Waals surface area (Å²) >= 11 is 4.62. The van der Waals surface area contributed by atoms with Crippen molar-refractivity contribution in [2.24, 2.45) is 0 Å². The fourth-order valence-electron chi connectivity index (χ4n) is 1.34. The number of thiophene rings is 1. The molecule has 0 spiro atoms. The quantitative estimate of drug-likeness (QED) is 0.922. The van der Waals surface area contributed by atoms with Gasteiger partial charge in [-0.15, -0.1) is 11.3 Å². The van der Waals surface area contributed by atoms with Crippen molar-refractivity contribution in [2.45, 2.75) is 6.54 Å². The van der Waals surface area contributed by atoms with Gasteiger partial charge in [-0.25, -0.2) is 4.39 Å². The van der Waals surface area contributed by atoms with Crippen LogP contribution < -0.4 is 5.32 Å². The summed E-state index contributed by atoms with van der Waals surface area (Å²) in [6.45, 7) is 0.195. The third-order valence-electron chi connectivity index (χ3n) is 2.19. The lowest BCUT2D eigenvalue weighted by atomic mass is 10.2. The second-order valence-electron chi connectivity index (χ2n) is 3.40. The molecule has 88 valence electrons. The number of benzene rings is 1. The first-order valence-corrected chi connectivity index (χ1v) is 6.60. The fourth-order valence-corrected chi connectivity index (χ4v) is 2.68. The Morgan fingerprint density at radius 2 is 2.18 bits per heavy atom. The monoisotopic (exact) mass is 313 g/mol. The van der Waals surface area contributed by atoms with E-state index >= 15 is 0 Å². The number of amides is 1. The summed E-state index contributed by atoms with van der Waals surface area (Å²) in [5.74, 6) is -0.496. The maximum absolute atomic E-state index is 13.3. The minimum atomic E-state index is -0.305. The molecule has 0 fully saturated rings. The smallest absolute Gasteiger partial charge is 0.261 e. The van der Waals surface area contributed by atoms with Gasteiger partial charge in [0.25, 0.3) is 5.91 Å². The zero-order valence-electron chi connectivity index (χ0n) is 8.74. The molecule has 2 nitrogen and oxygen atoms in total. The lowest BCUT2D eigenvalue weighted by molar-refractivity contribution is 0.0954. The molecule has 1 N–H and O–H groups in total. The fraction of sp³-hybridized carbons (Fsp3) is 0.0833. The molecule has 2 rings (SSSR count). The number of carbonyl (C=O) groups excluding carboxylic acids is 1. The molecule has 0 unspecified atom stereocenters. The Morgan fingerprint density at radius 1 is 1.41 bits per heavy atom. The minimum absolute atomic E-state index is 0.191. The molecular weight excluding hydrogens is 305 g/mol. The summed E-state index contributed by atoms with van der Waals surface area (Å²) in [7, 11) is 0. The Bertz CT molecular complexity index is 541. The third-order valence-corrected chi connectivity index (χ3v) is 3.88. The van der Waals surface area contributed by atoms with E-state index in [4.69, 9.17) is 0 Å². The summed E-state index contributed by atoms with van der Waals surface area (Å²) in [6, 6.07) is 8.13. The molecule has 0 aliphatic heterocycles. The number of halogens is 2. The number of carbonyl (C=O) groups is 1. The average Bonchev–Trinajstić information content (AvgIpc) is 2.74. The highest BCUT2D eigenvalue weighted by Gasteiger charge is 2.09. The van der Waals surface area contributed by atoms with Crippen molar-refractivity contribution in [1.29, 1.82) is 0 Å². The summed E-state index contributed by atoms with van der Waals surface area (Å²) < 4.78 is 14.2. The van der Waals surface area contributed by atoms with Crippen LogP contribution in [0.3, 0.4) is 0 Å². The zero-order chi connectivity index (χ0) is 12.3. The van der Waals surface area contributed by atoms with Crippen LogP contribution in [0.25, 0.3) is 0 Å². The zero-order valence-corrected chi connectivity index (χ0v) is 11.1. The predicted octanol–water partition coefficient (Wildman–Crippen LogP) is 3.58. The summed E-state index contributed by atoms with van der Waals surface area (Å²) in [6.07, 6.45) is 0. The van der Waals surface area contributed by atoms with Crippen LogP contribution >= 0.6 is 27.3 Å². The largest absolute Gasteiger partial charge is 0.347 e. The normalized spacial score (nSPS) is 10.2. The molecule has 0 aliphatic carbocycles. The first-order chi connectivity index (χ1) is 8.16. The summed E-state index contributed by atoms with van der Waals surface area (Å²) in [5, 5.41) is 4.51. The molecule has 0 atom stereocenters. The highest BCUT2D eigenvalue weighted by atomic mass is 79.9. The van der Waals surface area contributed by atoms with E-state index in [1.165, 1.54) is 17.4 Å². The van der Waals surface area contributed by atoms with Gasteiger partial charge < -0.3 is 5.32 Å². The van der Waals surface area contributed by atoms with Crippen LogP contribution in [0.2, 0.25) is 0 Å². The van der Waals surface area contributed by atoms with Gasteiger partial charge in [0, 0.05) is 22.0 Å². The van der Waals surface area contributed by atoms with Gasteiger partial charge in [0.05, 0.1) is 4.88 Å². The summed E-state index contributed by atoms with van der Waals surface area (Å²) in [5.41, 5.74) is 0.483. The standard InChI is InChI=1S/C12H9BrFNOS/c13-9-5-11(17-7-9)12(16)15-6-8-3-1-2-4-10(8)14/h1-5,7H,6H2,(H,15,16). The number of hydrogen-bond acceptors (Lipinski definition) is 2. The Balaban J connectivity index is 1.99. The van der Waals surface area contributed by atoms with Gasteiger partial charge in [-0.1, -0.05) is 18.2 Å². The lowest BCUT2D eigenvalue weighted by Gasteiger charge is -2.04. The van der Waals surface area contributed by atoms with E-state index in [2.05, 4.69) is 21.2 Å².